The molecule has 1 unspecified atom stereocenters. The molecule has 11 nitrogen and oxygen atoms in total. The molecule has 0 bridgehead atoms. The predicted molar refractivity (Wildman–Crippen MR) is 115 cm³/mol. The summed E-state index contributed by atoms with van der Waals surface area (Å²) in [5.41, 5.74) is 0.117. The minimum Gasteiger partial charge on any atom is -0.468 e. The molecule has 1 aromatic carbocycles. The Balaban J connectivity index is 1.53. The van der Waals surface area contributed by atoms with Gasteiger partial charge in [-0.25, -0.2) is 4.68 Å². The summed E-state index contributed by atoms with van der Waals surface area (Å²) in [7, 11) is 1.35. The van der Waals surface area contributed by atoms with E-state index in [4.69, 9.17) is 4.74 Å². The van der Waals surface area contributed by atoms with E-state index in [1.807, 2.05) is 0 Å². The first-order valence-electron chi connectivity index (χ1n) is 11.2. The summed E-state index contributed by atoms with van der Waals surface area (Å²) in [6, 6.07) is 3.70. The van der Waals surface area contributed by atoms with Crippen LogP contribution < -0.4 is 5.32 Å². The lowest BCUT2D eigenvalue weighted by molar-refractivity contribution is -0.149. The van der Waals surface area contributed by atoms with Crippen LogP contribution in [-0.4, -0.2) is 62.6 Å². The summed E-state index contributed by atoms with van der Waals surface area (Å²) in [6.45, 7) is 0. The van der Waals surface area contributed by atoms with Crippen molar-refractivity contribution in [3.63, 3.8) is 0 Å². The molecular formula is C23H23N5O6. The first kappa shape index (κ1) is 21.9. The van der Waals surface area contributed by atoms with Gasteiger partial charge in [-0.15, -0.1) is 5.10 Å². The van der Waals surface area contributed by atoms with E-state index in [1.54, 1.807) is 18.3 Å². The van der Waals surface area contributed by atoms with Gasteiger partial charge in [-0.1, -0.05) is 30.5 Å². The molecule has 2 aliphatic heterocycles. The fourth-order valence-corrected chi connectivity index (χ4v) is 5.20. The summed E-state index contributed by atoms with van der Waals surface area (Å²) in [5.74, 6) is -2.71. The van der Waals surface area contributed by atoms with Crippen molar-refractivity contribution < 1.29 is 28.7 Å². The van der Waals surface area contributed by atoms with Crippen LogP contribution in [-0.2, 0) is 24.5 Å². The topological polar surface area (TPSA) is 141 Å². The highest BCUT2D eigenvalue weighted by Crippen LogP contribution is 2.40. The van der Waals surface area contributed by atoms with Crippen LogP contribution in [0.2, 0.25) is 0 Å². The smallest absolute Gasteiger partial charge is 0.318 e. The number of imide groups is 2. The Kier molecular flexibility index (Phi) is 5.26. The minimum atomic E-state index is -1.06. The number of rotatable bonds is 4. The van der Waals surface area contributed by atoms with Crippen LogP contribution in [0.4, 0.5) is 0 Å². The second-order valence-electron chi connectivity index (χ2n) is 8.83. The number of aromatic nitrogens is 3. The molecule has 2 fully saturated rings. The third-order valence-electron chi connectivity index (χ3n) is 6.96. The van der Waals surface area contributed by atoms with Crippen LogP contribution in [0.25, 0.3) is 5.69 Å². The first-order chi connectivity index (χ1) is 16.4. The number of carbonyl (C=O) groups excluding carboxylic acids is 5. The number of ether oxygens (including phenoxy) is 1. The van der Waals surface area contributed by atoms with Crippen LogP contribution >= 0.6 is 0 Å². The number of fused-ring (bicyclic) bond motifs is 1. The number of carbonyl (C=O) groups is 5. The Hall–Kier alpha value is -3.89. The van der Waals surface area contributed by atoms with Gasteiger partial charge in [-0.2, -0.15) is 0 Å². The molecule has 3 heterocycles. The Morgan fingerprint density at radius 2 is 1.88 bits per heavy atom. The van der Waals surface area contributed by atoms with Crippen molar-refractivity contribution >= 4 is 29.6 Å². The molecule has 11 heteroatoms. The fourth-order valence-electron chi connectivity index (χ4n) is 5.20. The monoisotopic (exact) mass is 465 g/mol. The highest BCUT2D eigenvalue weighted by Gasteiger charge is 2.47. The molecule has 1 aromatic heterocycles. The number of nitrogens with zero attached hydrogens (tertiary/aromatic N) is 4. The first-order valence-corrected chi connectivity index (χ1v) is 11.2. The third-order valence-corrected chi connectivity index (χ3v) is 6.96. The molecule has 2 aromatic rings. The fraction of sp³-hybridized carbons (Fsp3) is 0.435. The van der Waals surface area contributed by atoms with Crippen LogP contribution in [0.5, 0.6) is 0 Å². The zero-order valence-corrected chi connectivity index (χ0v) is 18.6. The molecule has 1 aliphatic carbocycles. The lowest BCUT2D eigenvalue weighted by Gasteiger charge is -2.32. The molecule has 1 saturated heterocycles. The minimum absolute atomic E-state index is 0.0404. The van der Waals surface area contributed by atoms with Crippen LogP contribution in [0.1, 0.15) is 71.4 Å². The zero-order chi connectivity index (χ0) is 24.0. The molecule has 0 spiro atoms. The number of piperidine rings is 1. The number of hydrogen-bond acceptors (Lipinski definition) is 8. The van der Waals surface area contributed by atoms with Gasteiger partial charge in [-0.3, -0.25) is 34.2 Å². The van der Waals surface area contributed by atoms with E-state index in [0.717, 1.165) is 24.2 Å². The van der Waals surface area contributed by atoms with Crippen LogP contribution in [0, 0.1) is 0 Å². The summed E-state index contributed by atoms with van der Waals surface area (Å²) < 4.78 is 6.46. The van der Waals surface area contributed by atoms with Crippen molar-refractivity contribution in [2.75, 3.05) is 7.11 Å². The molecule has 34 heavy (non-hydrogen) atoms. The van der Waals surface area contributed by atoms with E-state index >= 15 is 0 Å². The van der Waals surface area contributed by atoms with E-state index in [9.17, 15) is 24.0 Å². The number of esters is 1. The number of nitrogens with one attached hydrogen (secondary N) is 1. The Morgan fingerprint density at radius 1 is 1.12 bits per heavy atom. The second-order valence-corrected chi connectivity index (χ2v) is 8.83. The Morgan fingerprint density at radius 3 is 2.59 bits per heavy atom. The van der Waals surface area contributed by atoms with Gasteiger partial charge >= 0.3 is 5.97 Å². The molecule has 4 amide bonds. The second kappa shape index (κ2) is 8.15. The van der Waals surface area contributed by atoms with Crippen molar-refractivity contribution in [3.05, 3.63) is 41.2 Å². The molecule has 176 valence electrons. The number of benzene rings is 1. The summed E-state index contributed by atoms with van der Waals surface area (Å²) in [6.07, 6.45) is 5.63. The van der Waals surface area contributed by atoms with Gasteiger partial charge in [0.15, 0.2) is 0 Å². The van der Waals surface area contributed by atoms with Gasteiger partial charge < -0.3 is 4.74 Å². The highest BCUT2D eigenvalue weighted by atomic mass is 16.5. The largest absolute Gasteiger partial charge is 0.468 e. The summed E-state index contributed by atoms with van der Waals surface area (Å²) in [4.78, 5) is 63.9. The summed E-state index contributed by atoms with van der Waals surface area (Å²) >= 11 is 0. The van der Waals surface area contributed by atoms with Gasteiger partial charge in [0.05, 0.1) is 30.1 Å². The van der Waals surface area contributed by atoms with Gasteiger partial charge in [0.25, 0.3) is 11.8 Å². The molecule has 1 atom stereocenters. The van der Waals surface area contributed by atoms with E-state index in [-0.39, 0.29) is 29.9 Å². The lowest BCUT2D eigenvalue weighted by Crippen LogP contribution is -2.54. The quantitative estimate of drug-likeness (QED) is 0.522. The molecule has 5 rings (SSSR count). The number of methoxy groups -OCH3 is 1. The van der Waals surface area contributed by atoms with Crippen molar-refractivity contribution in [1.82, 2.24) is 25.2 Å². The molecular weight excluding hydrogens is 442 g/mol. The molecule has 0 radical (unpaired) electrons. The lowest BCUT2D eigenvalue weighted by atomic mass is 9.72. The maximum Gasteiger partial charge on any atom is 0.318 e. The van der Waals surface area contributed by atoms with Gasteiger partial charge in [-0.05, 0) is 31.4 Å². The van der Waals surface area contributed by atoms with Crippen LogP contribution in [0.3, 0.4) is 0 Å². The third kappa shape index (κ3) is 3.22. The van der Waals surface area contributed by atoms with Crippen molar-refractivity contribution in [3.8, 4) is 5.69 Å². The van der Waals surface area contributed by atoms with E-state index < -0.39 is 35.1 Å². The van der Waals surface area contributed by atoms with Crippen molar-refractivity contribution in [2.45, 2.75) is 56.4 Å². The van der Waals surface area contributed by atoms with Gasteiger partial charge in [0.2, 0.25) is 11.8 Å². The van der Waals surface area contributed by atoms with Crippen molar-refractivity contribution in [1.29, 1.82) is 0 Å². The predicted octanol–water partition coefficient (Wildman–Crippen LogP) is 1.04. The number of hydrogen-bond donors (Lipinski definition) is 1. The average molecular weight is 465 g/mol. The van der Waals surface area contributed by atoms with Crippen LogP contribution in [0.15, 0.2) is 24.4 Å². The Bertz CT molecular complexity index is 1230. The van der Waals surface area contributed by atoms with Crippen molar-refractivity contribution in [2.24, 2.45) is 0 Å². The Labute approximate surface area is 194 Å². The SMILES string of the molecule is COC(=O)C1(c2cn(-c3cccc4c3C(=O)N(C3CCC(=O)NC3=O)C4=O)nn2)CCCCC1. The average Bonchev–Trinajstić information content (AvgIpc) is 3.44. The standard InChI is InChI=1S/C23H23N5O6/c1-34-22(33)23(10-3-2-4-11-23)16-12-27(26-25-16)14-7-5-6-13-18(14)21(32)28(20(13)31)15-8-9-17(29)24-19(15)30/h5-7,12,15H,2-4,8-11H2,1H3,(H,24,29,30). The van der Waals surface area contributed by atoms with E-state index in [2.05, 4.69) is 15.6 Å². The summed E-state index contributed by atoms with van der Waals surface area (Å²) in [5, 5.41) is 10.6. The maximum atomic E-state index is 13.4. The van der Waals surface area contributed by atoms with Gasteiger partial charge in [0, 0.05) is 6.42 Å². The normalized spacial score (nSPS) is 21.9. The molecule has 3 aliphatic rings. The highest BCUT2D eigenvalue weighted by molar-refractivity contribution is 6.24. The van der Waals surface area contributed by atoms with E-state index in [0.29, 0.717) is 24.2 Å². The zero-order valence-electron chi connectivity index (χ0n) is 18.6. The van der Waals surface area contributed by atoms with Gasteiger partial charge in [0.1, 0.15) is 17.2 Å². The maximum absolute atomic E-state index is 13.4. The number of amides is 4. The molecule has 1 saturated carbocycles. The molecule has 1 N–H and O–H groups in total. The van der Waals surface area contributed by atoms with E-state index in [1.165, 1.54) is 17.9 Å².